The lowest BCUT2D eigenvalue weighted by atomic mass is 9.96. The van der Waals surface area contributed by atoms with Crippen molar-refractivity contribution in [2.45, 2.75) is 40.0 Å². The van der Waals surface area contributed by atoms with Crippen LogP contribution in [0.25, 0.3) is 10.2 Å². The molecule has 0 saturated carbocycles. The fourth-order valence-corrected chi connectivity index (χ4v) is 4.74. The number of nitrogens with zero attached hydrogens (tertiary/aromatic N) is 3. The highest BCUT2D eigenvalue weighted by molar-refractivity contribution is 7.20. The van der Waals surface area contributed by atoms with E-state index in [1.54, 1.807) is 13.8 Å². The number of carbonyl (C=O) groups is 3. The van der Waals surface area contributed by atoms with Crippen LogP contribution in [0.2, 0.25) is 0 Å². The first-order chi connectivity index (χ1) is 14.9. The Kier molecular flexibility index (Phi) is 7.42. The zero-order chi connectivity index (χ0) is 22.5. The van der Waals surface area contributed by atoms with Crippen LogP contribution in [0.15, 0.2) is 0 Å². The highest BCUT2D eigenvalue weighted by Gasteiger charge is 2.30. The molecule has 0 unspecified atom stereocenters. The molecule has 0 spiro atoms. The SMILES string of the molecule is CCOC(=O)c1sc2nc(CC(=O)OC)nc(N3CCC(C(=O)OCC)CC3)c2c1C. The van der Waals surface area contributed by atoms with Gasteiger partial charge in [0.2, 0.25) is 0 Å². The van der Waals surface area contributed by atoms with E-state index in [4.69, 9.17) is 14.2 Å². The molecule has 0 radical (unpaired) electrons. The number of rotatable bonds is 7. The average molecular weight is 450 g/mol. The fourth-order valence-electron chi connectivity index (χ4n) is 3.65. The molecule has 1 aliphatic rings. The van der Waals surface area contributed by atoms with Crippen LogP contribution in [-0.2, 0) is 30.2 Å². The predicted molar refractivity (Wildman–Crippen MR) is 115 cm³/mol. The molecule has 0 bridgehead atoms. The first kappa shape index (κ1) is 22.9. The average Bonchev–Trinajstić information content (AvgIpc) is 3.10. The van der Waals surface area contributed by atoms with Crippen LogP contribution in [0.5, 0.6) is 0 Å². The van der Waals surface area contributed by atoms with E-state index in [1.165, 1.54) is 18.4 Å². The van der Waals surface area contributed by atoms with Gasteiger partial charge in [-0.15, -0.1) is 11.3 Å². The Morgan fingerprint density at radius 2 is 1.77 bits per heavy atom. The van der Waals surface area contributed by atoms with E-state index in [0.717, 1.165) is 10.9 Å². The van der Waals surface area contributed by atoms with Crippen molar-refractivity contribution in [2.24, 2.45) is 5.92 Å². The topological polar surface area (TPSA) is 108 Å². The number of hydrogen-bond donors (Lipinski definition) is 0. The second-order valence-corrected chi connectivity index (χ2v) is 8.19. The lowest BCUT2D eigenvalue weighted by Gasteiger charge is -2.32. The summed E-state index contributed by atoms with van der Waals surface area (Å²) in [6.07, 6.45) is 1.22. The second-order valence-electron chi connectivity index (χ2n) is 7.19. The summed E-state index contributed by atoms with van der Waals surface area (Å²) in [4.78, 5) is 48.6. The summed E-state index contributed by atoms with van der Waals surface area (Å²) < 4.78 is 15.1. The largest absolute Gasteiger partial charge is 0.469 e. The smallest absolute Gasteiger partial charge is 0.348 e. The van der Waals surface area contributed by atoms with Gasteiger partial charge in [-0.2, -0.15) is 0 Å². The maximum absolute atomic E-state index is 12.4. The van der Waals surface area contributed by atoms with E-state index in [9.17, 15) is 14.4 Å². The third-order valence-corrected chi connectivity index (χ3v) is 6.39. The van der Waals surface area contributed by atoms with Gasteiger partial charge >= 0.3 is 17.9 Å². The van der Waals surface area contributed by atoms with Crippen LogP contribution >= 0.6 is 11.3 Å². The lowest BCUT2D eigenvalue weighted by molar-refractivity contribution is -0.148. The third-order valence-electron chi connectivity index (χ3n) is 5.22. The molecular weight excluding hydrogens is 422 g/mol. The Morgan fingerprint density at radius 1 is 1.10 bits per heavy atom. The van der Waals surface area contributed by atoms with Crippen molar-refractivity contribution in [3.8, 4) is 0 Å². The summed E-state index contributed by atoms with van der Waals surface area (Å²) >= 11 is 1.23. The van der Waals surface area contributed by atoms with E-state index in [1.807, 2.05) is 6.92 Å². The highest BCUT2D eigenvalue weighted by Crippen LogP contribution is 2.37. The second kappa shape index (κ2) is 10.0. The van der Waals surface area contributed by atoms with Gasteiger partial charge in [0.1, 0.15) is 27.8 Å². The maximum atomic E-state index is 12.4. The molecule has 1 fully saturated rings. The number of carbonyl (C=O) groups excluding carboxylic acids is 3. The number of thiophene rings is 1. The van der Waals surface area contributed by atoms with Gasteiger partial charge in [-0.25, -0.2) is 14.8 Å². The van der Waals surface area contributed by atoms with Crippen molar-refractivity contribution in [2.75, 3.05) is 38.3 Å². The van der Waals surface area contributed by atoms with Gasteiger partial charge in [0.05, 0.1) is 31.6 Å². The van der Waals surface area contributed by atoms with Gasteiger partial charge in [-0.1, -0.05) is 0 Å². The maximum Gasteiger partial charge on any atom is 0.348 e. The van der Waals surface area contributed by atoms with Gasteiger partial charge in [0, 0.05) is 13.1 Å². The minimum absolute atomic E-state index is 0.0651. The zero-order valence-electron chi connectivity index (χ0n) is 18.2. The van der Waals surface area contributed by atoms with E-state index in [2.05, 4.69) is 14.9 Å². The summed E-state index contributed by atoms with van der Waals surface area (Å²) in [6, 6.07) is 0. The first-order valence-corrected chi connectivity index (χ1v) is 11.2. The standard InChI is InChI=1S/C21H27N3O6S/c1-5-29-20(26)13-7-9-24(10-8-13)18-16-12(3)17(21(27)30-6-2)31-19(16)23-14(22-18)11-15(25)28-4/h13H,5-11H2,1-4H3. The summed E-state index contributed by atoms with van der Waals surface area (Å²) in [6.45, 7) is 7.27. The van der Waals surface area contributed by atoms with Crippen LogP contribution in [0.3, 0.4) is 0 Å². The Bertz CT molecular complexity index is 981. The van der Waals surface area contributed by atoms with E-state index >= 15 is 0 Å². The van der Waals surface area contributed by atoms with E-state index < -0.39 is 11.9 Å². The Hall–Kier alpha value is -2.75. The van der Waals surface area contributed by atoms with Crippen LogP contribution in [0.1, 0.15) is 47.7 Å². The molecule has 0 aliphatic carbocycles. The van der Waals surface area contributed by atoms with Crippen molar-refractivity contribution < 1.29 is 28.6 Å². The molecule has 3 heterocycles. The zero-order valence-corrected chi connectivity index (χ0v) is 19.0. The first-order valence-electron chi connectivity index (χ1n) is 10.3. The molecule has 9 nitrogen and oxygen atoms in total. The molecule has 2 aromatic rings. The number of ether oxygens (including phenoxy) is 3. The Morgan fingerprint density at radius 3 is 2.39 bits per heavy atom. The van der Waals surface area contributed by atoms with Crippen LogP contribution in [0, 0.1) is 12.8 Å². The van der Waals surface area contributed by atoms with Crippen molar-refractivity contribution in [3.05, 3.63) is 16.3 Å². The summed E-state index contributed by atoms with van der Waals surface area (Å²) in [5, 5.41) is 0.774. The minimum Gasteiger partial charge on any atom is -0.469 e. The van der Waals surface area contributed by atoms with Gasteiger partial charge in [0.15, 0.2) is 0 Å². The number of esters is 3. The Labute approximate surface area is 184 Å². The van der Waals surface area contributed by atoms with E-state index in [-0.39, 0.29) is 24.9 Å². The molecule has 1 saturated heterocycles. The summed E-state index contributed by atoms with van der Waals surface area (Å²) in [5.41, 5.74) is 0.755. The molecule has 3 rings (SSSR count). The number of anilines is 1. The molecule has 0 amide bonds. The number of methoxy groups -OCH3 is 1. The van der Waals surface area contributed by atoms with Gasteiger partial charge < -0.3 is 19.1 Å². The summed E-state index contributed by atoms with van der Waals surface area (Å²) in [5.74, 6) is -0.150. The highest BCUT2D eigenvalue weighted by atomic mass is 32.1. The predicted octanol–water partition coefficient (Wildman–Crippen LogP) is 2.67. The summed E-state index contributed by atoms with van der Waals surface area (Å²) in [7, 11) is 1.32. The van der Waals surface area contributed by atoms with Crippen molar-refractivity contribution in [1.29, 1.82) is 0 Å². The van der Waals surface area contributed by atoms with Crippen LogP contribution in [-0.4, -0.2) is 61.3 Å². The quantitative estimate of drug-likeness (QED) is 0.465. The van der Waals surface area contributed by atoms with Gasteiger partial charge in [-0.05, 0) is 39.2 Å². The van der Waals surface area contributed by atoms with Crippen molar-refractivity contribution in [3.63, 3.8) is 0 Å². The molecule has 1 aliphatic heterocycles. The number of hydrogen-bond acceptors (Lipinski definition) is 10. The fraction of sp³-hybridized carbons (Fsp3) is 0.571. The number of piperidine rings is 1. The van der Waals surface area contributed by atoms with Crippen molar-refractivity contribution >= 4 is 45.3 Å². The van der Waals surface area contributed by atoms with Gasteiger partial charge in [-0.3, -0.25) is 9.59 Å². The van der Waals surface area contributed by atoms with Crippen LogP contribution in [0.4, 0.5) is 5.82 Å². The molecule has 0 atom stereocenters. The molecule has 0 N–H and O–H groups in total. The van der Waals surface area contributed by atoms with Crippen molar-refractivity contribution in [1.82, 2.24) is 9.97 Å². The third kappa shape index (κ3) is 4.95. The Balaban J connectivity index is 1.98. The molecular formula is C21H27N3O6S. The molecule has 10 heteroatoms. The molecule has 31 heavy (non-hydrogen) atoms. The minimum atomic E-state index is -0.440. The molecule has 2 aromatic heterocycles. The molecule has 0 aromatic carbocycles. The normalized spacial score (nSPS) is 14.5. The monoisotopic (exact) mass is 449 g/mol. The molecule has 168 valence electrons. The number of fused-ring (bicyclic) bond motifs is 1. The van der Waals surface area contributed by atoms with E-state index in [0.29, 0.717) is 53.9 Å². The lowest BCUT2D eigenvalue weighted by Crippen LogP contribution is -2.37. The number of aromatic nitrogens is 2. The number of aryl methyl sites for hydroxylation is 1. The van der Waals surface area contributed by atoms with Crippen LogP contribution < -0.4 is 4.90 Å². The van der Waals surface area contributed by atoms with Gasteiger partial charge in [0.25, 0.3) is 0 Å².